The Bertz CT molecular complexity index is 842. The second kappa shape index (κ2) is 8.53. The van der Waals surface area contributed by atoms with Crippen molar-refractivity contribution in [2.75, 3.05) is 5.32 Å². The summed E-state index contributed by atoms with van der Waals surface area (Å²) >= 11 is 0. The summed E-state index contributed by atoms with van der Waals surface area (Å²) in [6.45, 7) is 3.31. The molecule has 0 saturated carbocycles. The summed E-state index contributed by atoms with van der Waals surface area (Å²) < 4.78 is 43.0. The maximum absolute atomic E-state index is 12.7. The Morgan fingerprint density at radius 2 is 1.78 bits per heavy atom. The predicted molar refractivity (Wildman–Crippen MR) is 95.8 cm³/mol. The van der Waals surface area contributed by atoms with E-state index in [1.807, 2.05) is 19.1 Å². The van der Waals surface area contributed by atoms with E-state index in [2.05, 4.69) is 5.32 Å². The molecule has 0 aliphatic carbocycles. The lowest BCUT2D eigenvalue weighted by Crippen LogP contribution is -2.29. The molecule has 0 spiro atoms. The number of anilines is 1. The number of halogens is 3. The molecule has 0 heterocycles. The highest BCUT2D eigenvalue weighted by molar-refractivity contribution is 5.96. The second-order valence-corrected chi connectivity index (χ2v) is 5.89. The Labute approximate surface area is 154 Å². The summed E-state index contributed by atoms with van der Waals surface area (Å²) in [4.78, 5) is 23.8. The number of alkyl halides is 3. The van der Waals surface area contributed by atoms with Crippen LogP contribution in [0, 0.1) is 6.92 Å². The Hall–Kier alpha value is -3.09. The van der Waals surface area contributed by atoms with Gasteiger partial charge in [-0.25, -0.2) is 4.79 Å². The zero-order valence-corrected chi connectivity index (χ0v) is 14.7. The van der Waals surface area contributed by atoms with Gasteiger partial charge in [-0.1, -0.05) is 29.8 Å². The monoisotopic (exact) mass is 377 g/mol. The number of aryl methyl sites for hydroxylation is 1. The largest absolute Gasteiger partial charge is 0.449 e. The van der Waals surface area contributed by atoms with Crippen LogP contribution >= 0.6 is 0 Å². The van der Waals surface area contributed by atoms with Crippen LogP contribution in [0.2, 0.25) is 0 Å². The number of amides is 1. The average molecular weight is 377 g/mol. The van der Waals surface area contributed by atoms with Gasteiger partial charge in [0, 0.05) is 11.8 Å². The number of nitrogens with one attached hydrogen (secondary N) is 1. The predicted octanol–water partition coefficient (Wildman–Crippen LogP) is 4.60. The van der Waals surface area contributed by atoms with Crippen LogP contribution in [0.3, 0.4) is 0 Å². The minimum atomic E-state index is -4.47. The fraction of sp³-hybridized carbons (Fsp3) is 0.200. The summed E-state index contributed by atoms with van der Waals surface area (Å²) in [7, 11) is 0. The van der Waals surface area contributed by atoms with Crippen molar-refractivity contribution in [1.29, 1.82) is 0 Å². The van der Waals surface area contributed by atoms with Gasteiger partial charge in [-0.2, -0.15) is 13.2 Å². The van der Waals surface area contributed by atoms with Crippen LogP contribution in [0.25, 0.3) is 6.08 Å². The molecule has 142 valence electrons. The Kier molecular flexibility index (Phi) is 6.39. The summed E-state index contributed by atoms with van der Waals surface area (Å²) in [5, 5.41) is 2.61. The quantitative estimate of drug-likeness (QED) is 0.612. The first kappa shape index (κ1) is 20.2. The molecule has 0 radical (unpaired) electrons. The van der Waals surface area contributed by atoms with E-state index in [1.165, 1.54) is 25.1 Å². The molecule has 2 aromatic rings. The van der Waals surface area contributed by atoms with Crippen molar-refractivity contribution < 1.29 is 27.5 Å². The van der Waals surface area contributed by atoms with Crippen LogP contribution < -0.4 is 5.32 Å². The third-order valence-corrected chi connectivity index (χ3v) is 3.61. The van der Waals surface area contributed by atoms with Gasteiger partial charge < -0.3 is 10.1 Å². The molecule has 0 aliphatic rings. The van der Waals surface area contributed by atoms with E-state index >= 15 is 0 Å². The summed E-state index contributed by atoms with van der Waals surface area (Å²) in [5.41, 5.74) is 0.975. The Morgan fingerprint density at radius 1 is 1.11 bits per heavy atom. The highest BCUT2D eigenvalue weighted by Gasteiger charge is 2.30. The van der Waals surface area contributed by atoms with Crippen molar-refractivity contribution in [2.45, 2.75) is 26.1 Å². The Balaban J connectivity index is 1.93. The van der Waals surface area contributed by atoms with Gasteiger partial charge >= 0.3 is 12.1 Å². The van der Waals surface area contributed by atoms with Gasteiger partial charge in [-0.3, -0.25) is 4.79 Å². The maximum atomic E-state index is 12.7. The molecule has 4 nitrogen and oxygen atoms in total. The van der Waals surface area contributed by atoms with Gasteiger partial charge in [0.2, 0.25) is 0 Å². The topological polar surface area (TPSA) is 55.4 Å². The number of hydrogen-bond donors (Lipinski definition) is 1. The number of carbonyl (C=O) groups is 2. The van der Waals surface area contributed by atoms with Crippen molar-refractivity contribution in [3.63, 3.8) is 0 Å². The number of hydrogen-bond acceptors (Lipinski definition) is 3. The molecule has 7 heteroatoms. The van der Waals surface area contributed by atoms with E-state index in [0.717, 1.165) is 23.8 Å². The van der Waals surface area contributed by atoms with E-state index in [9.17, 15) is 22.8 Å². The molecule has 27 heavy (non-hydrogen) atoms. The van der Waals surface area contributed by atoms with Gasteiger partial charge in [-0.05, 0) is 49.8 Å². The number of carbonyl (C=O) groups excluding carboxylic acids is 2. The molecule has 0 saturated heterocycles. The van der Waals surface area contributed by atoms with Crippen molar-refractivity contribution in [3.8, 4) is 0 Å². The van der Waals surface area contributed by atoms with Gasteiger partial charge in [0.1, 0.15) is 0 Å². The minimum Gasteiger partial charge on any atom is -0.449 e. The summed E-state index contributed by atoms with van der Waals surface area (Å²) in [5.74, 6) is -1.35. The zero-order chi connectivity index (χ0) is 20.0. The SMILES string of the molecule is Cc1ccc(NC(=O)[C@@H](C)OC(=O)/C=C/c2cccc(C(F)(F)F)c2)cc1. The van der Waals surface area contributed by atoms with Crippen LogP contribution in [0.15, 0.2) is 54.6 Å². The van der Waals surface area contributed by atoms with Crippen molar-refractivity contribution in [2.24, 2.45) is 0 Å². The van der Waals surface area contributed by atoms with Gasteiger partial charge in [-0.15, -0.1) is 0 Å². The first-order valence-corrected chi connectivity index (χ1v) is 8.08. The summed E-state index contributed by atoms with van der Waals surface area (Å²) in [6.07, 6.45) is -3.36. The molecule has 0 fully saturated rings. The normalized spacial score (nSPS) is 12.6. The van der Waals surface area contributed by atoms with Crippen LogP contribution in [-0.2, 0) is 20.5 Å². The van der Waals surface area contributed by atoms with E-state index in [0.29, 0.717) is 5.69 Å². The molecular weight excluding hydrogens is 359 g/mol. The molecule has 1 atom stereocenters. The number of ether oxygens (including phenoxy) is 1. The van der Waals surface area contributed by atoms with Crippen LogP contribution in [0.4, 0.5) is 18.9 Å². The van der Waals surface area contributed by atoms with Crippen molar-refractivity contribution in [1.82, 2.24) is 0 Å². The highest BCUT2D eigenvalue weighted by Crippen LogP contribution is 2.29. The van der Waals surface area contributed by atoms with Crippen LogP contribution in [0.1, 0.15) is 23.6 Å². The lowest BCUT2D eigenvalue weighted by Gasteiger charge is -2.12. The van der Waals surface area contributed by atoms with Gasteiger partial charge in [0.05, 0.1) is 5.56 Å². The first-order chi connectivity index (χ1) is 12.6. The minimum absolute atomic E-state index is 0.193. The van der Waals surface area contributed by atoms with E-state index in [-0.39, 0.29) is 5.56 Å². The van der Waals surface area contributed by atoms with Crippen LogP contribution in [-0.4, -0.2) is 18.0 Å². The van der Waals surface area contributed by atoms with Crippen molar-refractivity contribution >= 4 is 23.6 Å². The molecule has 0 bridgehead atoms. The zero-order valence-electron chi connectivity index (χ0n) is 14.7. The van der Waals surface area contributed by atoms with Crippen LogP contribution in [0.5, 0.6) is 0 Å². The lowest BCUT2D eigenvalue weighted by molar-refractivity contribution is -0.148. The standard InChI is InChI=1S/C20H18F3NO3/c1-13-6-9-17(10-7-13)24-19(26)14(2)27-18(25)11-8-15-4-3-5-16(12-15)20(21,22)23/h3-12,14H,1-2H3,(H,24,26)/b11-8+/t14-/m1/s1. The molecule has 0 aliphatic heterocycles. The second-order valence-electron chi connectivity index (χ2n) is 5.89. The fourth-order valence-electron chi connectivity index (χ4n) is 2.13. The summed E-state index contributed by atoms with van der Waals surface area (Å²) in [6, 6.07) is 11.6. The first-order valence-electron chi connectivity index (χ1n) is 8.08. The smallest absolute Gasteiger partial charge is 0.416 e. The van der Waals surface area contributed by atoms with E-state index in [1.54, 1.807) is 12.1 Å². The van der Waals surface area contributed by atoms with E-state index in [4.69, 9.17) is 4.74 Å². The third-order valence-electron chi connectivity index (χ3n) is 3.61. The van der Waals surface area contributed by atoms with Gasteiger partial charge in [0.15, 0.2) is 6.10 Å². The maximum Gasteiger partial charge on any atom is 0.416 e. The molecule has 2 aromatic carbocycles. The number of rotatable bonds is 5. The third kappa shape index (κ3) is 6.29. The molecule has 0 unspecified atom stereocenters. The lowest BCUT2D eigenvalue weighted by atomic mass is 10.1. The Morgan fingerprint density at radius 3 is 2.41 bits per heavy atom. The molecule has 2 rings (SSSR count). The highest BCUT2D eigenvalue weighted by atomic mass is 19.4. The molecule has 0 aromatic heterocycles. The average Bonchev–Trinajstić information content (AvgIpc) is 2.61. The molecule has 1 N–H and O–H groups in total. The molecular formula is C20H18F3NO3. The van der Waals surface area contributed by atoms with Gasteiger partial charge in [0.25, 0.3) is 5.91 Å². The van der Waals surface area contributed by atoms with Crippen molar-refractivity contribution in [3.05, 3.63) is 71.3 Å². The number of esters is 1. The fourth-order valence-corrected chi connectivity index (χ4v) is 2.13. The van der Waals surface area contributed by atoms with E-state index < -0.39 is 29.7 Å². The number of benzene rings is 2. The molecule has 1 amide bonds.